The van der Waals surface area contributed by atoms with Gasteiger partial charge in [-0.15, -0.1) is 0 Å². The van der Waals surface area contributed by atoms with E-state index in [1.807, 2.05) is 18.2 Å². The van der Waals surface area contributed by atoms with Crippen LogP contribution in [0, 0.1) is 5.92 Å². The third-order valence-corrected chi connectivity index (χ3v) is 3.25. The first-order valence-electron chi connectivity index (χ1n) is 5.65. The van der Waals surface area contributed by atoms with Crippen molar-refractivity contribution in [2.45, 2.75) is 31.9 Å². The molecule has 1 aromatic rings. The van der Waals surface area contributed by atoms with E-state index in [1.165, 1.54) is 12.0 Å². The van der Waals surface area contributed by atoms with Crippen LogP contribution in [-0.2, 0) is 11.3 Å². The Kier molecular flexibility index (Phi) is 3.08. The first-order valence-corrected chi connectivity index (χ1v) is 5.65. The number of nitrogens with two attached hydrogens (primary N) is 1. The normalized spacial score (nSPS) is 29.1. The first kappa shape index (κ1) is 10.7. The van der Waals surface area contributed by atoms with Crippen molar-refractivity contribution in [3.05, 3.63) is 35.9 Å². The van der Waals surface area contributed by atoms with Crippen LogP contribution in [0.2, 0.25) is 0 Å². The second kappa shape index (κ2) is 4.33. The highest BCUT2D eigenvalue weighted by atomic mass is 16.5. The Morgan fingerprint density at radius 2 is 2.13 bits per heavy atom. The number of hydrogen-bond donors (Lipinski definition) is 1. The molecule has 0 aliphatic heterocycles. The molecular formula is C13H19NO. The van der Waals surface area contributed by atoms with Crippen LogP contribution in [0.3, 0.4) is 0 Å². The molecule has 0 heterocycles. The van der Waals surface area contributed by atoms with Crippen LogP contribution in [0.1, 0.15) is 25.3 Å². The van der Waals surface area contributed by atoms with Gasteiger partial charge in [-0.25, -0.2) is 0 Å². The summed E-state index contributed by atoms with van der Waals surface area (Å²) in [6.07, 6.45) is 2.30. The van der Waals surface area contributed by atoms with Gasteiger partial charge < -0.3 is 10.5 Å². The third-order valence-electron chi connectivity index (χ3n) is 3.25. The molecule has 1 fully saturated rings. The Hall–Kier alpha value is -0.860. The SMILES string of the molecule is CC[C@@H]1C[C@]1(N)COCc1ccccc1. The monoisotopic (exact) mass is 205 g/mol. The molecule has 0 spiro atoms. The maximum Gasteiger partial charge on any atom is 0.0717 e. The van der Waals surface area contributed by atoms with Gasteiger partial charge in [0.25, 0.3) is 0 Å². The fourth-order valence-electron chi connectivity index (χ4n) is 2.06. The van der Waals surface area contributed by atoms with Crippen molar-refractivity contribution in [3.63, 3.8) is 0 Å². The molecule has 0 amide bonds. The molecule has 0 unspecified atom stereocenters. The highest BCUT2D eigenvalue weighted by molar-refractivity contribution is 5.13. The average Bonchev–Trinajstić information content (AvgIpc) is 2.91. The molecule has 0 saturated heterocycles. The van der Waals surface area contributed by atoms with Crippen LogP contribution in [0.4, 0.5) is 0 Å². The summed E-state index contributed by atoms with van der Waals surface area (Å²) in [6.45, 7) is 3.56. The molecule has 2 rings (SSSR count). The standard InChI is InChI=1S/C13H19NO/c1-2-12-8-13(12,14)10-15-9-11-6-4-3-5-7-11/h3-7,12H,2,8-10,14H2,1H3/t12-,13+/m1/s1. The third kappa shape index (κ3) is 2.58. The molecule has 2 atom stereocenters. The zero-order valence-corrected chi connectivity index (χ0v) is 9.28. The number of hydrogen-bond acceptors (Lipinski definition) is 2. The summed E-state index contributed by atoms with van der Waals surface area (Å²) in [5.74, 6) is 0.674. The Labute approximate surface area is 91.4 Å². The van der Waals surface area contributed by atoms with Crippen LogP contribution in [0.25, 0.3) is 0 Å². The maximum absolute atomic E-state index is 6.14. The minimum absolute atomic E-state index is 0.0243. The molecule has 82 valence electrons. The van der Waals surface area contributed by atoms with Crippen LogP contribution < -0.4 is 5.73 Å². The van der Waals surface area contributed by atoms with Crippen LogP contribution in [-0.4, -0.2) is 12.1 Å². The van der Waals surface area contributed by atoms with Crippen LogP contribution >= 0.6 is 0 Å². The van der Waals surface area contributed by atoms with Crippen molar-refractivity contribution in [1.29, 1.82) is 0 Å². The summed E-state index contributed by atoms with van der Waals surface area (Å²) < 4.78 is 5.65. The lowest BCUT2D eigenvalue weighted by Gasteiger charge is -2.11. The highest BCUT2D eigenvalue weighted by Crippen LogP contribution is 2.43. The molecule has 2 heteroatoms. The molecule has 2 nitrogen and oxygen atoms in total. The summed E-state index contributed by atoms with van der Waals surface area (Å²) in [7, 11) is 0. The molecule has 2 N–H and O–H groups in total. The second-order valence-corrected chi connectivity index (χ2v) is 4.52. The van der Waals surface area contributed by atoms with Crippen LogP contribution in [0.15, 0.2) is 30.3 Å². The fraction of sp³-hybridized carbons (Fsp3) is 0.538. The topological polar surface area (TPSA) is 35.2 Å². The molecule has 15 heavy (non-hydrogen) atoms. The zero-order valence-electron chi connectivity index (χ0n) is 9.28. The van der Waals surface area contributed by atoms with Gasteiger partial charge in [-0.2, -0.15) is 0 Å². The van der Waals surface area contributed by atoms with E-state index in [1.54, 1.807) is 0 Å². The van der Waals surface area contributed by atoms with Crippen molar-refractivity contribution < 1.29 is 4.74 Å². The largest absolute Gasteiger partial charge is 0.375 e. The van der Waals surface area contributed by atoms with Gasteiger partial charge in [0, 0.05) is 5.54 Å². The molecule has 1 aliphatic rings. The minimum atomic E-state index is -0.0243. The summed E-state index contributed by atoms with van der Waals surface area (Å²) in [5, 5.41) is 0. The van der Waals surface area contributed by atoms with Crippen LogP contribution in [0.5, 0.6) is 0 Å². The molecule has 0 radical (unpaired) electrons. The minimum Gasteiger partial charge on any atom is -0.375 e. The Morgan fingerprint density at radius 3 is 2.73 bits per heavy atom. The van der Waals surface area contributed by atoms with Crippen molar-refractivity contribution in [2.24, 2.45) is 11.7 Å². The van der Waals surface area contributed by atoms with E-state index in [9.17, 15) is 0 Å². The van der Waals surface area contributed by atoms with Gasteiger partial charge in [-0.05, 0) is 17.9 Å². The second-order valence-electron chi connectivity index (χ2n) is 4.52. The van der Waals surface area contributed by atoms with E-state index in [2.05, 4.69) is 19.1 Å². The lowest BCUT2D eigenvalue weighted by molar-refractivity contribution is 0.0978. The van der Waals surface area contributed by atoms with Crippen molar-refractivity contribution in [2.75, 3.05) is 6.61 Å². The summed E-state index contributed by atoms with van der Waals surface area (Å²) >= 11 is 0. The van der Waals surface area contributed by atoms with Crippen molar-refractivity contribution in [1.82, 2.24) is 0 Å². The molecule has 1 aliphatic carbocycles. The summed E-state index contributed by atoms with van der Waals surface area (Å²) in [5.41, 5.74) is 7.33. The first-order chi connectivity index (χ1) is 7.24. The molecular weight excluding hydrogens is 186 g/mol. The number of ether oxygens (including phenoxy) is 1. The predicted molar refractivity (Wildman–Crippen MR) is 61.4 cm³/mol. The van der Waals surface area contributed by atoms with E-state index in [4.69, 9.17) is 10.5 Å². The van der Waals surface area contributed by atoms with E-state index in [0.29, 0.717) is 19.1 Å². The van der Waals surface area contributed by atoms with Gasteiger partial charge in [-0.3, -0.25) is 0 Å². The maximum atomic E-state index is 6.14. The quantitative estimate of drug-likeness (QED) is 0.800. The number of rotatable bonds is 5. The Balaban J connectivity index is 1.72. The van der Waals surface area contributed by atoms with Crippen molar-refractivity contribution >= 4 is 0 Å². The highest BCUT2D eigenvalue weighted by Gasteiger charge is 2.49. The van der Waals surface area contributed by atoms with Gasteiger partial charge in [-0.1, -0.05) is 43.7 Å². The van der Waals surface area contributed by atoms with Gasteiger partial charge in [0.1, 0.15) is 0 Å². The van der Waals surface area contributed by atoms with Crippen molar-refractivity contribution in [3.8, 4) is 0 Å². The fourth-order valence-corrected chi connectivity index (χ4v) is 2.06. The predicted octanol–water partition coefficient (Wildman–Crippen LogP) is 2.33. The van der Waals surface area contributed by atoms with E-state index in [-0.39, 0.29) is 5.54 Å². The Bertz CT molecular complexity index is 312. The van der Waals surface area contributed by atoms with Gasteiger partial charge in [0.05, 0.1) is 13.2 Å². The molecule has 0 aromatic heterocycles. The van der Waals surface area contributed by atoms with Gasteiger partial charge in [0.15, 0.2) is 0 Å². The van der Waals surface area contributed by atoms with E-state index < -0.39 is 0 Å². The lowest BCUT2D eigenvalue weighted by Crippen LogP contribution is -2.31. The number of benzene rings is 1. The molecule has 1 aromatic carbocycles. The Morgan fingerprint density at radius 1 is 1.40 bits per heavy atom. The summed E-state index contributed by atoms with van der Waals surface area (Å²) in [6, 6.07) is 10.2. The van der Waals surface area contributed by atoms with Gasteiger partial charge in [0.2, 0.25) is 0 Å². The molecule has 0 bridgehead atoms. The lowest BCUT2D eigenvalue weighted by atomic mass is 10.2. The van der Waals surface area contributed by atoms with Gasteiger partial charge >= 0.3 is 0 Å². The molecule has 1 saturated carbocycles. The zero-order chi connectivity index (χ0) is 10.7. The summed E-state index contributed by atoms with van der Waals surface area (Å²) in [4.78, 5) is 0. The van der Waals surface area contributed by atoms with E-state index >= 15 is 0 Å². The average molecular weight is 205 g/mol. The smallest absolute Gasteiger partial charge is 0.0717 e. The van der Waals surface area contributed by atoms with E-state index in [0.717, 1.165) is 6.42 Å².